The lowest BCUT2D eigenvalue weighted by atomic mass is 9.87. The summed E-state index contributed by atoms with van der Waals surface area (Å²) in [6, 6.07) is 11.3. The Kier molecular flexibility index (Phi) is 3.96. The number of anilines is 1. The van der Waals surface area contributed by atoms with Gasteiger partial charge < -0.3 is 4.90 Å². The van der Waals surface area contributed by atoms with Crippen molar-refractivity contribution in [2.75, 3.05) is 11.4 Å². The molecule has 1 fully saturated rings. The van der Waals surface area contributed by atoms with Crippen LogP contribution in [0.2, 0.25) is 0 Å². The minimum absolute atomic E-state index is 0.176. The molecule has 2 rings (SSSR count). The van der Waals surface area contributed by atoms with Gasteiger partial charge in [0.2, 0.25) is 5.91 Å². The highest BCUT2D eigenvalue weighted by Gasteiger charge is 2.36. The van der Waals surface area contributed by atoms with E-state index in [4.69, 9.17) is 5.26 Å². The van der Waals surface area contributed by atoms with Gasteiger partial charge in [-0.1, -0.05) is 18.2 Å². The Morgan fingerprint density at radius 2 is 2.11 bits per heavy atom. The van der Waals surface area contributed by atoms with Gasteiger partial charge in [0, 0.05) is 12.2 Å². The molecule has 1 aliphatic rings. The average Bonchev–Trinajstić information content (AvgIpc) is 2.47. The van der Waals surface area contributed by atoms with Crippen LogP contribution in [0.1, 0.15) is 19.8 Å². The van der Waals surface area contributed by atoms with Gasteiger partial charge >= 0.3 is 0 Å². The molecule has 0 aromatic heterocycles. The molecule has 0 N–H and O–H groups in total. The Bertz CT molecular complexity index is 519. The summed E-state index contributed by atoms with van der Waals surface area (Å²) in [5.74, 6) is -1.81. The number of amides is 1. The minimum Gasteiger partial charge on any atom is -0.312 e. The van der Waals surface area contributed by atoms with Crippen molar-refractivity contribution in [2.45, 2.75) is 19.8 Å². The van der Waals surface area contributed by atoms with Crippen LogP contribution in [-0.2, 0) is 9.59 Å². The zero-order valence-corrected chi connectivity index (χ0v) is 10.9. The highest BCUT2D eigenvalue weighted by Crippen LogP contribution is 2.26. The first-order valence-corrected chi connectivity index (χ1v) is 6.45. The molecule has 0 bridgehead atoms. The predicted molar refractivity (Wildman–Crippen MR) is 71.3 cm³/mol. The van der Waals surface area contributed by atoms with E-state index in [-0.39, 0.29) is 11.7 Å². The number of hydrogen-bond donors (Lipinski definition) is 0. The third-order valence-corrected chi connectivity index (χ3v) is 3.47. The monoisotopic (exact) mass is 256 g/mol. The molecule has 2 atom stereocenters. The fourth-order valence-electron chi connectivity index (χ4n) is 2.37. The van der Waals surface area contributed by atoms with Crippen LogP contribution in [-0.4, -0.2) is 18.2 Å². The van der Waals surface area contributed by atoms with E-state index in [1.165, 1.54) is 0 Å². The first-order chi connectivity index (χ1) is 9.15. The zero-order valence-electron chi connectivity index (χ0n) is 10.9. The summed E-state index contributed by atoms with van der Waals surface area (Å²) < 4.78 is 0. The van der Waals surface area contributed by atoms with Gasteiger partial charge in [-0.05, 0) is 31.9 Å². The molecule has 1 aromatic rings. The average molecular weight is 256 g/mol. The van der Waals surface area contributed by atoms with Crippen LogP contribution in [0.5, 0.6) is 0 Å². The topological polar surface area (TPSA) is 61.2 Å². The van der Waals surface area contributed by atoms with Crippen LogP contribution in [0.15, 0.2) is 30.3 Å². The summed E-state index contributed by atoms with van der Waals surface area (Å²) in [6.07, 6.45) is 1.34. The lowest BCUT2D eigenvalue weighted by Gasteiger charge is -2.32. The molecule has 1 aliphatic heterocycles. The van der Waals surface area contributed by atoms with Crippen molar-refractivity contribution >= 4 is 17.4 Å². The number of ketones is 1. The number of hydrogen-bond acceptors (Lipinski definition) is 3. The van der Waals surface area contributed by atoms with Gasteiger partial charge in [0.15, 0.2) is 5.78 Å². The highest BCUT2D eigenvalue weighted by atomic mass is 16.2. The smallest absolute Gasteiger partial charge is 0.237 e. The van der Waals surface area contributed by atoms with Crippen molar-refractivity contribution in [3.63, 3.8) is 0 Å². The molecule has 0 spiro atoms. The van der Waals surface area contributed by atoms with Crippen LogP contribution in [0.3, 0.4) is 0 Å². The van der Waals surface area contributed by atoms with Crippen LogP contribution in [0, 0.1) is 23.2 Å². The Morgan fingerprint density at radius 1 is 1.42 bits per heavy atom. The molecule has 0 radical (unpaired) electrons. The summed E-state index contributed by atoms with van der Waals surface area (Å²) >= 11 is 0. The van der Waals surface area contributed by atoms with E-state index in [1.54, 1.807) is 11.8 Å². The number of Topliss-reactive ketones (excluding diaryl/α,β-unsaturated/α-hetero) is 1. The zero-order chi connectivity index (χ0) is 13.8. The third-order valence-electron chi connectivity index (χ3n) is 3.47. The van der Waals surface area contributed by atoms with E-state index >= 15 is 0 Å². The standard InChI is InChI=1S/C15H16N2O2/c1-11(10-16)14(18)13-8-5-9-17(15(13)19)12-6-3-2-4-7-12/h2-4,6-7,11,13H,5,8-9H2,1H3/t11-,13-/m0/s1. The summed E-state index contributed by atoms with van der Waals surface area (Å²) in [6.45, 7) is 2.19. The van der Waals surface area contributed by atoms with Crippen LogP contribution in [0.4, 0.5) is 5.69 Å². The number of rotatable bonds is 3. The molecule has 1 heterocycles. The second kappa shape index (κ2) is 5.66. The Morgan fingerprint density at radius 3 is 2.74 bits per heavy atom. The van der Waals surface area contributed by atoms with Gasteiger partial charge in [-0.3, -0.25) is 9.59 Å². The van der Waals surface area contributed by atoms with Crippen molar-refractivity contribution in [1.29, 1.82) is 5.26 Å². The molecule has 4 nitrogen and oxygen atoms in total. The van der Waals surface area contributed by atoms with Gasteiger partial charge in [0.1, 0.15) is 5.92 Å². The number of para-hydroxylation sites is 1. The van der Waals surface area contributed by atoms with E-state index in [1.807, 2.05) is 36.4 Å². The number of piperidine rings is 1. The molecular weight excluding hydrogens is 240 g/mol. The first-order valence-electron chi connectivity index (χ1n) is 6.45. The van der Waals surface area contributed by atoms with Gasteiger partial charge in [-0.25, -0.2) is 0 Å². The molecule has 0 saturated carbocycles. The first kappa shape index (κ1) is 13.3. The number of nitriles is 1. The summed E-state index contributed by atoms with van der Waals surface area (Å²) in [5, 5.41) is 8.81. The van der Waals surface area contributed by atoms with Crippen molar-refractivity contribution in [3.8, 4) is 6.07 Å². The van der Waals surface area contributed by atoms with Gasteiger partial charge in [0.25, 0.3) is 0 Å². The largest absolute Gasteiger partial charge is 0.312 e. The Balaban J connectivity index is 2.20. The maximum atomic E-state index is 12.4. The normalized spacial score (nSPS) is 20.7. The van der Waals surface area contributed by atoms with E-state index in [0.717, 1.165) is 12.1 Å². The SMILES string of the molecule is C[C@@H](C#N)C(=O)[C@@H]1CCCN(c2ccccc2)C1=O. The lowest BCUT2D eigenvalue weighted by Crippen LogP contribution is -2.45. The lowest BCUT2D eigenvalue weighted by molar-refractivity contribution is -0.135. The molecule has 0 unspecified atom stereocenters. The molecule has 0 aliphatic carbocycles. The minimum atomic E-state index is -0.718. The molecule has 19 heavy (non-hydrogen) atoms. The summed E-state index contributed by atoms with van der Waals surface area (Å²) in [4.78, 5) is 26.1. The number of nitrogens with zero attached hydrogens (tertiary/aromatic N) is 2. The highest BCUT2D eigenvalue weighted by molar-refractivity contribution is 6.10. The Labute approximate surface area is 112 Å². The molecular formula is C15H16N2O2. The molecule has 1 aromatic carbocycles. The van der Waals surface area contributed by atoms with Gasteiger partial charge in [0.05, 0.1) is 12.0 Å². The molecule has 1 saturated heterocycles. The van der Waals surface area contributed by atoms with Crippen LogP contribution < -0.4 is 4.90 Å². The van der Waals surface area contributed by atoms with E-state index in [2.05, 4.69) is 0 Å². The predicted octanol–water partition coefficient (Wildman–Crippen LogP) is 2.16. The van der Waals surface area contributed by atoms with Crippen LogP contribution in [0.25, 0.3) is 0 Å². The number of carbonyl (C=O) groups excluding carboxylic acids is 2. The summed E-state index contributed by atoms with van der Waals surface area (Å²) in [5.41, 5.74) is 0.814. The van der Waals surface area contributed by atoms with Crippen molar-refractivity contribution in [3.05, 3.63) is 30.3 Å². The second-order valence-corrected chi connectivity index (χ2v) is 4.77. The fourth-order valence-corrected chi connectivity index (χ4v) is 2.37. The Hall–Kier alpha value is -2.15. The number of carbonyl (C=O) groups is 2. The molecule has 98 valence electrons. The molecule has 1 amide bonds. The third kappa shape index (κ3) is 2.65. The van der Waals surface area contributed by atoms with E-state index in [0.29, 0.717) is 13.0 Å². The van der Waals surface area contributed by atoms with Crippen LogP contribution >= 0.6 is 0 Å². The number of benzene rings is 1. The van der Waals surface area contributed by atoms with Gasteiger partial charge in [-0.15, -0.1) is 0 Å². The van der Waals surface area contributed by atoms with E-state index < -0.39 is 11.8 Å². The van der Waals surface area contributed by atoms with Crippen molar-refractivity contribution < 1.29 is 9.59 Å². The maximum Gasteiger partial charge on any atom is 0.237 e. The van der Waals surface area contributed by atoms with Crippen molar-refractivity contribution in [2.24, 2.45) is 11.8 Å². The fraction of sp³-hybridized carbons (Fsp3) is 0.400. The van der Waals surface area contributed by atoms with Gasteiger partial charge in [-0.2, -0.15) is 5.26 Å². The quantitative estimate of drug-likeness (QED) is 0.778. The van der Waals surface area contributed by atoms with E-state index in [9.17, 15) is 9.59 Å². The second-order valence-electron chi connectivity index (χ2n) is 4.77. The summed E-state index contributed by atoms with van der Waals surface area (Å²) in [7, 11) is 0. The molecule has 4 heteroatoms. The van der Waals surface area contributed by atoms with Crippen molar-refractivity contribution in [1.82, 2.24) is 0 Å². The maximum absolute atomic E-state index is 12.4.